The van der Waals surface area contributed by atoms with Crippen LogP contribution in [0.3, 0.4) is 0 Å². The largest absolute Gasteiger partial charge is 0.293 e. The summed E-state index contributed by atoms with van der Waals surface area (Å²) in [7, 11) is 0. The molecule has 0 amide bonds. The number of benzene rings is 1. The molecule has 0 saturated heterocycles. The summed E-state index contributed by atoms with van der Waals surface area (Å²) in [4.78, 5) is 16.1. The van der Waals surface area contributed by atoms with Gasteiger partial charge in [0.2, 0.25) is 0 Å². The van der Waals surface area contributed by atoms with Crippen LogP contribution in [0.1, 0.15) is 61.8 Å². The van der Waals surface area contributed by atoms with Gasteiger partial charge < -0.3 is 0 Å². The highest BCUT2D eigenvalue weighted by Gasteiger charge is 2.46. The van der Waals surface area contributed by atoms with Crippen molar-refractivity contribution in [3.8, 4) is 11.3 Å². The summed E-state index contributed by atoms with van der Waals surface area (Å²) in [6, 6.07) is 8.93. The highest BCUT2D eigenvalue weighted by atomic mass is 19.1. The van der Waals surface area contributed by atoms with Crippen LogP contribution in [0.5, 0.6) is 0 Å². The lowest BCUT2D eigenvalue weighted by atomic mass is 10.0. The summed E-state index contributed by atoms with van der Waals surface area (Å²) in [5.41, 5.74) is 4.16. The lowest BCUT2D eigenvalue weighted by molar-refractivity contribution is 0.101. The first-order valence-electron chi connectivity index (χ1n) is 9.00. The zero-order chi connectivity index (χ0) is 18.6. The van der Waals surface area contributed by atoms with Gasteiger partial charge in [-0.2, -0.15) is 5.10 Å². The number of hydrogen-bond acceptors (Lipinski definition) is 3. The maximum atomic E-state index is 14.8. The molecule has 1 aliphatic rings. The Morgan fingerprint density at radius 1 is 1.31 bits per heavy atom. The summed E-state index contributed by atoms with van der Waals surface area (Å²) in [5, 5.41) is 4.54. The molecule has 1 unspecified atom stereocenters. The van der Waals surface area contributed by atoms with Gasteiger partial charge in [0, 0.05) is 24.2 Å². The van der Waals surface area contributed by atoms with Crippen LogP contribution >= 0.6 is 0 Å². The van der Waals surface area contributed by atoms with Gasteiger partial charge in [0.05, 0.1) is 5.69 Å². The van der Waals surface area contributed by atoms with Gasteiger partial charge in [-0.05, 0) is 47.9 Å². The van der Waals surface area contributed by atoms with Crippen molar-refractivity contribution in [2.45, 2.75) is 46.5 Å². The van der Waals surface area contributed by atoms with Crippen molar-refractivity contribution in [1.29, 1.82) is 0 Å². The molecule has 1 aliphatic carbocycles. The van der Waals surface area contributed by atoms with Gasteiger partial charge >= 0.3 is 0 Å². The van der Waals surface area contributed by atoms with E-state index in [2.05, 4.69) is 23.9 Å². The zero-order valence-corrected chi connectivity index (χ0v) is 15.5. The van der Waals surface area contributed by atoms with E-state index in [1.807, 2.05) is 13.0 Å². The van der Waals surface area contributed by atoms with Crippen LogP contribution in [0, 0.1) is 11.2 Å². The van der Waals surface area contributed by atoms with Crippen LogP contribution in [-0.2, 0) is 6.42 Å². The van der Waals surface area contributed by atoms with Gasteiger partial charge in [-0.25, -0.2) is 13.9 Å². The van der Waals surface area contributed by atoms with Crippen LogP contribution in [0.25, 0.3) is 16.9 Å². The normalized spacial score (nSPS) is 18.3. The number of Topliss-reactive ketones (excluding diaryl/α,β-unsaturated/α-hetero) is 1. The molecule has 0 N–H and O–H groups in total. The highest BCUT2D eigenvalue weighted by molar-refractivity contribution is 5.92. The maximum absolute atomic E-state index is 14.8. The molecule has 4 rings (SSSR count). The number of halogens is 1. The number of hydrogen-bond donors (Lipinski definition) is 0. The van der Waals surface area contributed by atoms with Crippen LogP contribution in [-0.4, -0.2) is 20.4 Å². The van der Waals surface area contributed by atoms with Crippen molar-refractivity contribution in [2.24, 2.45) is 5.41 Å². The lowest BCUT2D eigenvalue weighted by Gasteiger charge is -2.06. The monoisotopic (exact) mass is 351 g/mol. The third-order valence-electron chi connectivity index (χ3n) is 5.41. The number of fused-ring (bicyclic) bond motifs is 1. The molecule has 134 valence electrons. The molecular formula is C21H22FN3O. The van der Waals surface area contributed by atoms with Gasteiger partial charge in [-0.15, -0.1) is 0 Å². The van der Waals surface area contributed by atoms with E-state index >= 15 is 0 Å². The average molecular weight is 351 g/mol. The number of aryl methyl sites for hydroxylation is 1. The molecule has 2 heterocycles. The summed E-state index contributed by atoms with van der Waals surface area (Å²) >= 11 is 0. The topological polar surface area (TPSA) is 47.3 Å². The molecular weight excluding hydrogens is 329 g/mol. The SMILES string of the molecule is CCc1cc(C(C)=O)nc2cc(-c3ccc(C4CC4(C)C)cc3F)nn12. The molecule has 2 aromatic heterocycles. The lowest BCUT2D eigenvalue weighted by Crippen LogP contribution is -2.05. The summed E-state index contributed by atoms with van der Waals surface area (Å²) < 4.78 is 16.5. The Hall–Kier alpha value is -2.56. The van der Waals surface area contributed by atoms with Gasteiger partial charge in [0.1, 0.15) is 11.5 Å². The van der Waals surface area contributed by atoms with Crippen LogP contribution in [0.2, 0.25) is 0 Å². The maximum Gasteiger partial charge on any atom is 0.178 e. The molecule has 1 fully saturated rings. The molecule has 0 spiro atoms. The third-order valence-corrected chi connectivity index (χ3v) is 5.41. The first-order chi connectivity index (χ1) is 12.3. The first-order valence-corrected chi connectivity index (χ1v) is 9.00. The van der Waals surface area contributed by atoms with Crippen LogP contribution in [0.15, 0.2) is 30.3 Å². The minimum absolute atomic E-state index is 0.0902. The van der Waals surface area contributed by atoms with Gasteiger partial charge in [-0.1, -0.05) is 26.8 Å². The van der Waals surface area contributed by atoms with E-state index in [-0.39, 0.29) is 17.0 Å². The molecule has 1 saturated carbocycles. The van der Waals surface area contributed by atoms with E-state index in [1.54, 1.807) is 28.8 Å². The fraction of sp³-hybridized carbons (Fsp3) is 0.381. The second kappa shape index (κ2) is 5.73. The molecule has 0 bridgehead atoms. The van der Waals surface area contributed by atoms with E-state index < -0.39 is 0 Å². The van der Waals surface area contributed by atoms with Crippen molar-refractivity contribution < 1.29 is 9.18 Å². The van der Waals surface area contributed by atoms with Crippen molar-refractivity contribution in [1.82, 2.24) is 14.6 Å². The molecule has 0 aliphatic heterocycles. The van der Waals surface area contributed by atoms with Gasteiger partial charge in [0.25, 0.3) is 0 Å². The standard InChI is InChI=1S/C21H22FN3O/c1-5-14-9-18(12(2)26)23-20-10-19(24-25(14)20)15-7-6-13(8-17(15)22)16-11-21(16,3)4/h6-10,16H,5,11H2,1-4H3. The van der Waals surface area contributed by atoms with Crippen molar-refractivity contribution >= 4 is 11.4 Å². The predicted molar refractivity (Wildman–Crippen MR) is 98.9 cm³/mol. The molecule has 0 radical (unpaired) electrons. The Kier molecular flexibility index (Phi) is 3.72. The highest BCUT2D eigenvalue weighted by Crippen LogP contribution is 2.58. The summed E-state index contributed by atoms with van der Waals surface area (Å²) in [6.45, 7) is 7.90. The smallest absolute Gasteiger partial charge is 0.178 e. The number of ketones is 1. The molecule has 1 atom stereocenters. The summed E-state index contributed by atoms with van der Waals surface area (Å²) in [6.07, 6.45) is 1.80. The Morgan fingerprint density at radius 3 is 2.62 bits per heavy atom. The Morgan fingerprint density at radius 2 is 2.04 bits per heavy atom. The first kappa shape index (κ1) is 16.9. The Balaban J connectivity index is 1.78. The molecule has 4 nitrogen and oxygen atoms in total. The van der Waals surface area contributed by atoms with E-state index in [0.717, 1.165) is 17.7 Å². The minimum Gasteiger partial charge on any atom is -0.293 e. The average Bonchev–Trinajstić information content (AvgIpc) is 3.03. The molecule has 5 heteroatoms. The molecule has 26 heavy (non-hydrogen) atoms. The van der Waals surface area contributed by atoms with Crippen molar-refractivity contribution in [3.63, 3.8) is 0 Å². The zero-order valence-electron chi connectivity index (χ0n) is 15.5. The molecule has 1 aromatic carbocycles. The Labute approximate surface area is 152 Å². The number of nitrogens with zero attached hydrogens (tertiary/aromatic N) is 3. The molecule has 3 aromatic rings. The second-order valence-corrected chi connectivity index (χ2v) is 7.83. The van der Waals surface area contributed by atoms with E-state index in [1.165, 1.54) is 6.92 Å². The predicted octanol–water partition coefficient (Wildman–Crippen LogP) is 4.81. The van der Waals surface area contributed by atoms with E-state index in [4.69, 9.17) is 0 Å². The van der Waals surface area contributed by atoms with Gasteiger partial charge in [-0.3, -0.25) is 4.79 Å². The minimum atomic E-state index is -0.265. The quantitative estimate of drug-likeness (QED) is 0.634. The van der Waals surface area contributed by atoms with E-state index in [9.17, 15) is 9.18 Å². The second-order valence-electron chi connectivity index (χ2n) is 7.83. The number of carbonyl (C=O) groups excluding carboxylic acids is 1. The van der Waals surface area contributed by atoms with Gasteiger partial charge in [0.15, 0.2) is 11.4 Å². The van der Waals surface area contributed by atoms with Crippen LogP contribution in [0.4, 0.5) is 4.39 Å². The van der Waals surface area contributed by atoms with E-state index in [0.29, 0.717) is 34.9 Å². The van der Waals surface area contributed by atoms with Crippen molar-refractivity contribution in [3.05, 3.63) is 53.1 Å². The third kappa shape index (κ3) is 2.71. The number of rotatable bonds is 4. The Bertz CT molecular complexity index is 1040. The van der Waals surface area contributed by atoms with Crippen LogP contribution < -0.4 is 0 Å². The fourth-order valence-corrected chi connectivity index (χ4v) is 3.59. The number of carbonyl (C=O) groups is 1. The number of aromatic nitrogens is 3. The fourth-order valence-electron chi connectivity index (χ4n) is 3.59. The summed E-state index contributed by atoms with van der Waals surface area (Å²) in [5.74, 6) is 0.0737. The van der Waals surface area contributed by atoms with Crippen molar-refractivity contribution in [2.75, 3.05) is 0 Å².